The highest BCUT2D eigenvalue weighted by Gasteiger charge is 2.00. The van der Waals surface area contributed by atoms with E-state index in [1.165, 1.54) is 0 Å². The summed E-state index contributed by atoms with van der Waals surface area (Å²) < 4.78 is 11.2. The Labute approximate surface area is 97.6 Å². The molecular weight excluding hydrogens is 202 g/mol. The summed E-state index contributed by atoms with van der Waals surface area (Å²) in [6.45, 7) is 6.19. The first-order valence-corrected chi connectivity index (χ1v) is 5.83. The third-order valence-electron chi connectivity index (χ3n) is 2.11. The molecule has 0 saturated carbocycles. The van der Waals surface area contributed by atoms with Crippen molar-refractivity contribution in [3.05, 3.63) is 23.8 Å². The summed E-state index contributed by atoms with van der Waals surface area (Å²) in [6.07, 6.45) is 1.89. The molecule has 1 aromatic rings. The Hall–Kier alpha value is -1.22. The first-order valence-electron chi connectivity index (χ1n) is 5.83. The predicted molar refractivity (Wildman–Crippen MR) is 66.1 cm³/mol. The van der Waals surface area contributed by atoms with Crippen LogP contribution in [0.15, 0.2) is 18.2 Å². The third kappa shape index (κ3) is 4.53. The zero-order chi connectivity index (χ0) is 11.8. The Morgan fingerprint density at radius 1 is 1.06 bits per heavy atom. The van der Waals surface area contributed by atoms with Crippen molar-refractivity contribution in [1.82, 2.24) is 0 Å². The van der Waals surface area contributed by atoms with Crippen molar-refractivity contribution in [2.45, 2.75) is 26.7 Å². The molecule has 1 rings (SSSR count). The molecule has 0 aromatic heterocycles. The highest BCUT2D eigenvalue weighted by Crippen LogP contribution is 2.22. The lowest BCUT2D eigenvalue weighted by Gasteiger charge is -2.10. The molecule has 1 aromatic carbocycles. The average molecular weight is 223 g/mol. The van der Waals surface area contributed by atoms with Gasteiger partial charge in [-0.1, -0.05) is 6.92 Å². The van der Waals surface area contributed by atoms with Crippen molar-refractivity contribution in [3.8, 4) is 11.5 Å². The Morgan fingerprint density at radius 2 is 1.69 bits per heavy atom. The Bertz CT molecular complexity index is 313. The van der Waals surface area contributed by atoms with E-state index < -0.39 is 0 Å². The molecule has 0 bridgehead atoms. The van der Waals surface area contributed by atoms with Gasteiger partial charge in [0.1, 0.15) is 11.5 Å². The molecule has 0 spiro atoms. The van der Waals surface area contributed by atoms with Gasteiger partial charge in [-0.05, 0) is 44.0 Å². The van der Waals surface area contributed by atoms with E-state index in [0.717, 1.165) is 36.5 Å². The van der Waals surface area contributed by atoms with Crippen molar-refractivity contribution >= 4 is 0 Å². The number of aryl methyl sites for hydroxylation is 1. The molecule has 2 N–H and O–H groups in total. The topological polar surface area (TPSA) is 44.5 Å². The fourth-order valence-corrected chi connectivity index (χ4v) is 1.37. The van der Waals surface area contributed by atoms with Crippen molar-refractivity contribution in [2.24, 2.45) is 5.73 Å². The van der Waals surface area contributed by atoms with Gasteiger partial charge in [0.05, 0.1) is 13.2 Å². The second-order valence-corrected chi connectivity index (χ2v) is 3.82. The number of hydrogen-bond donors (Lipinski definition) is 1. The van der Waals surface area contributed by atoms with Crippen LogP contribution < -0.4 is 15.2 Å². The molecule has 0 saturated heterocycles. The fraction of sp³-hybridized carbons (Fsp3) is 0.538. The van der Waals surface area contributed by atoms with Gasteiger partial charge in [-0.3, -0.25) is 0 Å². The van der Waals surface area contributed by atoms with Crippen LogP contribution >= 0.6 is 0 Å². The molecule has 0 fully saturated rings. The molecule has 0 atom stereocenters. The second-order valence-electron chi connectivity index (χ2n) is 3.82. The smallest absolute Gasteiger partial charge is 0.123 e. The van der Waals surface area contributed by atoms with E-state index in [-0.39, 0.29) is 0 Å². The molecule has 3 heteroatoms. The second kappa shape index (κ2) is 7.12. The van der Waals surface area contributed by atoms with E-state index in [0.29, 0.717) is 13.2 Å². The molecule has 0 heterocycles. The molecule has 0 unspecified atom stereocenters. The van der Waals surface area contributed by atoms with Crippen LogP contribution in [-0.2, 0) is 0 Å². The molecule has 16 heavy (non-hydrogen) atoms. The first-order chi connectivity index (χ1) is 7.76. The van der Waals surface area contributed by atoms with Gasteiger partial charge in [-0.15, -0.1) is 0 Å². The summed E-state index contributed by atoms with van der Waals surface area (Å²) in [6, 6.07) is 5.96. The fourth-order valence-electron chi connectivity index (χ4n) is 1.37. The van der Waals surface area contributed by atoms with Crippen LogP contribution in [0.1, 0.15) is 25.3 Å². The Balaban J connectivity index is 2.58. The van der Waals surface area contributed by atoms with Crippen LogP contribution in [0.4, 0.5) is 0 Å². The van der Waals surface area contributed by atoms with E-state index in [1.807, 2.05) is 25.1 Å². The van der Waals surface area contributed by atoms with Gasteiger partial charge in [0.2, 0.25) is 0 Å². The van der Waals surface area contributed by atoms with Crippen molar-refractivity contribution in [2.75, 3.05) is 19.8 Å². The van der Waals surface area contributed by atoms with E-state index in [4.69, 9.17) is 15.2 Å². The summed E-state index contributed by atoms with van der Waals surface area (Å²) in [5, 5.41) is 0. The molecule has 0 aliphatic heterocycles. The summed E-state index contributed by atoms with van der Waals surface area (Å²) in [4.78, 5) is 0. The number of nitrogens with two attached hydrogens (primary N) is 1. The van der Waals surface area contributed by atoms with Crippen LogP contribution in [0.25, 0.3) is 0 Å². The van der Waals surface area contributed by atoms with Crippen LogP contribution in [-0.4, -0.2) is 19.8 Å². The summed E-state index contributed by atoms with van der Waals surface area (Å²) in [7, 11) is 0. The minimum absolute atomic E-state index is 0.658. The summed E-state index contributed by atoms with van der Waals surface area (Å²) in [5.41, 5.74) is 6.56. The zero-order valence-corrected chi connectivity index (χ0v) is 10.2. The maximum atomic E-state index is 5.59. The summed E-state index contributed by atoms with van der Waals surface area (Å²) >= 11 is 0. The van der Waals surface area contributed by atoms with Crippen LogP contribution in [0, 0.1) is 6.92 Å². The van der Waals surface area contributed by atoms with Crippen molar-refractivity contribution in [3.63, 3.8) is 0 Å². The van der Waals surface area contributed by atoms with Gasteiger partial charge in [0, 0.05) is 6.07 Å². The Kier molecular flexibility index (Phi) is 5.72. The first kappa shape index (κ1) is 12.8. The number of benzene rings is 1. The minimum Gasteiger partial charge on any atom is -0.493 e. The lowest BCUT2D eigenvalue weighted by Crippen LogP contribution is -2.06. The van der Waals surface area contributed by atoms with Gasteiger partial charge in [-0.2, -0.15) is 0 Å². The van der Waals surface area contributed by atoms with Crippen molar-refractivity contribution in [1.29, 1.82) is 0 Å². The zero-order valence-electron chi connectivity index (χ0n) is 10.2. The van der Waals surface area contributed by atoms with Crippen LogP contribution in [0.2, 0.25) is 0 Å². The largest absolute Gasteiger partial charge is 0.493 e. The highest BCUT2D eigenvalue weighted by molar-refractivity contribution is 5.37. The van der Waals surface area contributed by atoms with E-state index in [9.17, 15) is 0 Å². The van der Waals surface area contributed by atoms with Crippen molar-refractivity contribution < 1.29 is 9.47 Å². The van der Waals surface area contributed by atoms with E-state index >= 15 is 0 Å². The standard InChI is InChI=1S/C13H21NO2/c1-3-6-15-12-8-11(2)9-13(10-12)16-7-4-5-14/h8-10H,3-7,14H2,1-2H3. The normalized spacial score (nSPS) is 10.2. The van der Waals surface area contributed by atoms with Gasteiger partial charge < -0.3 is 15.2 Å². The van der Waals surface area contributed by atoms with Gasteiger partial charge >= 0.3 is 0 Å². The molecule has 90 valence electrons. The van der Waals surface area contributed by atoms with E-state index in [2.05, 4.69) is 6.92 Å². The third-order valence-corrected chi connectivity index (χ3v) is 2.11. The minimum atomic E-state index is 0.658. The maximum Gasteiger partial charge on any atom is 0.123 e. The lowest BCUT2D eigenvalue weighted by molar-refractivity contribution is 0.299. The molecule has 0 aliphatic carbocycles. The lowest BCUT2D eigenvalue weighted by atomic mass is 10.2. The maximum absolute atomic E-state index is 5.59. The quantitative estimate of drug-likeness (QED) is 0.722. The molecule has 3 nitrogen and oxygen atoms in total. The van der Waals surface area contributed by atoms with Crippen LogP contribution in [0.3, 0.4) is 0 Å². The monoisotopic (exact) mass is 223 g/mol. The van der Waals surface area contributed by atoms with Gasteiger partial charge in [0.15, 0.2) is 0 Å². The molecule has 0 amide bonds. The molecular formula is C13H21NO2. The summed E-state index contributed by atoms with van der Waals surface area (Å²) in [5.74, 6) is 1.74. The van der Waals surface area contributed by atoms with Crippen LogP contribution in [0.5, 0.6) is 11.5 Å². The highest BCUT2D eigenvalue weighted by atomic mass is 16.5. The van der Waals surface area contributed by atoms with Gasteiger partial charge in [0.25, 0.3) is 0 Å². The molecule has 0 aliphatic rings. The molecule has 0 radical (unpaired) electrons. The SMILES string of the molecule is CCCOc1cc(C)cc(OCCCN)c1. The number of hydrogen-bond acceptors (Lipinski definition) is 3. The van der Waals surface area contributed by atoms with Gasteiger partial charge in [-0.25, -0.2) is 0 Å². The number of ether oxygens (including phenoxy) is 2. The predicted octanol–water partition coefficient (Wildman–Crippen LogP) is 2.51. The average Bonchev–Trinajstić information content (AvgIpc) is 2.26. The number of rotatable bonds is 7. The Morgan fingerprint density at radius 3 is 2.25 bits per heavy atom. The van der Waals surface area contributed by atoms with E-state index in [1.54, 1.807) is 0 Å².